The zero-order valence-electron chi connectivity index (χ0n) is 31.6. The predicted molar refractivity (Wildman–Crippen MR) is 194 cm³/mol. The van der Waals surface area contributed by atoms with Crippen LogP contribution in [0.5, 0.6) is 11.5 Å². The van der Waals surface area contributed by atoms with Gasteiger partial charge in [0, 0.05) is 5.56 Å². The third-order valence-electron chi connectivity index (χ3n) is 13.5. The standard InChI is InChI=1S/C41H67O5P/c1-26(2)13-12-14-27(3)32-17-18-33-31-16-15-28-23-30(19-21-40(28,10)34(31)20-22-41(32,33)11)45-47(43,44)46-36-25-29(38(4,5)6)24-35(37(36)42)39(7,8)9/h15,24-27,30-34,42H,12-14,16-23H2,1-11H3,(H,43,44)/t27-,30+,31?,32-,33+,34+,40+,41-/m1/s1. The van der Waals surface area contributed by atoms with E-state index in [4.69, 9.17) is 9.05 Å². The third kappa shape index (κ3) is 7.44. The van der Waals surface area contributed by atoms with Gasteiger partial charge in [-0.1, -0.05) is 113 Å². The van der Waals surface area contributed by atoms with E-state index in [0.29, 0.717) is 23.3 Å². The molecule has 1 aromatic rings. The number of aromatic hydroxyl groups is 1. The van der Waals surface area contributed by atoms with E-state index in [0.717, 1.165) is 54.4 Å². The molecule has 0 heterocycles. The van der Waals surface area contributed by atoms with Gasteiger partial charge in [-0.15, -0.1) is 0 Å². The average Bonchev–Trinajstić information content (AvgIpc) is 3.30. The lowest BCUT2D eigenvalue weighted by molar-refractivity contribution is -0.0569. The number of hydrogen-bond donors (Lipinski definition) is 2. The van der Waals surface area contributed by atoms with Gasteiger partial charge in [0.15, 0.2) is 11.5 Å². The van der Waals surface area contributed by atoms with Gasteiger partial charge >= 0.3 is 7.82 Å². The van der Waals surface area contributed by atoms with Crippen LogP contribution in [0.2, 0.25) is 0 Å². The van der Waals surface area contributed by atoms with Crippen LogP contribution in [0.25, 0.3) is 0 Å². The molecule has 2 unspecified atom stereocenters. The number of fused-ring (bicyclic) bond motifs is 5. The summed E-state index contributed by atoms with van der Waals surface area (Å²) in [7, 11) is -4.49. The van der Waals surface area contributed by atoms with Crippen molar-refractivity contribution in [2.24, 2.45) is 46.3 Å². The molecular formula is C41H67O5P. The number of phosphoric ester groups is 1. The van der Waals surface area contributed by atoms with Crippen LogP contribution in [0.15, 0.2) is 23.8 Å². The molecule has 0 bridgehead atoms. The van der Waals surface area contributed by atoms with Gasteiger partial charge in [-0.2, -0.15) is 0 Å². The van der Waals surface area contributed by atoms with Gasteiger partial charge in [0.05, 0.1) is 6.10 Å². The number of rotatable bonds is 9. The lowest BCUT2D eigenvalue weighted by Crippen LogP contribution is -2.51. The first kappa shape index (κ1) is 37.0. The van der Waals surface area contributed by atoms with Crippen molar-refractivity contribution in [2.75, 3.05) is 0 Å². The molecule has 0 aromatic heterocycles. The van der Waals surface area contributed by atoms with Crippen molar-refractivity contribution >= 4 is 7.82 Å². The van der Waals surface area contributed by atoms with Crippen LogP contribution in [-0.4, -0.2) is 16.1 Å². The Kier molecular flexibility index (Phi) is 10.3. The van der Waals surface area contributed by atoms with Gasteiger partial charge < -0.3 is 9.63 Å². The van der Waals surface area contributed by atoms with E-state index < -0.39 is 7.82 Å². The molecule has 0 amide bonds. The smallest absolute Gasteiger partial charge is 0.504 e. The number of phenolic OH excluding ortho intramolecular Hbond substituents is 1. The van der Waals surface area contributed by atoms with E-state index in [2.05, 4.69) is 61.5 Å². The molecule has 0 spiro atoms. The summed E-state index contributed by atoms with van der Waals surface area (Å²) in [6, 6.07) is 3.67. The van der Waals surface area contributed by atoms with E-state index in [9.17, 15) is 14.6 Å². The highest BCUT2D eigenvalue weighted by molar-refractivity contribution is 7.47. The summed E-state index contributed by atoms with van der Waals surface area (Å²) < 4.78 is 25.1. The second-order valence-corrected chi connectivity index (χ2v) is 20.5. The van der Waals surface area contributed by atoms with Crippen LogP contribution in [0.3, 0.4) is 0 Å². The van der Waals surface area contributed by atoms with Gasteiger partial charge in [0.25, 0.3) is 0 Å². The van der Waals surface area contributed by atoms with Crippen LogP contribution >= 0.6 is 7.82 Å². The molecule has 4 aliphatic rings. The van der Waals surface area contributed by atoms with Crippen LogP contribution in [0, 0.1) is 46.3 Å². The Morgan fingerprint density at radius 3 is 2.28 bits per heavy atom. The number of phenols is 1. The first-order valence-corrected chi connectivity index (χ1v) is 20.4. The highest BCUT2D eigenvalue weighted by atomic mass is 31.2. The Balaban J connectivity index is 1.28. The molecular weight excluding hydrogens is 603 g/mol. The summed E-state index contributed by atoms with van der Waals surface area (Å²) in [5, 5.41) is 11.1. The summed E-state index contributed by atoms with van der Waals surface area (Å²) in [5.74, 6) is 4.62. The van der Waals surface area contributed by atoms with Crippen molar-refractivity contribution in [1.82, 2.24) is 0 Å². The van der Waals surface area contributed by atoms with Gasteiger partial charge in [0.2, 0.25) is 0 Å². The van der Waals surface area contributed by atoms with E-state index in [1.54, 1.807) is 6.07 Å². The molecule has 9 atom stereocenters. The summed E-state index contributed by atoms with van der Waals surface area (Å²) >= 11 is 0. The largest absolute Gasteiger partial charge is 0.527 e. The first-order chi connectivity index (χ1) is 21.7. The number of phosphoric acid groups is 1. The lowest BCUT2D eigenvalue weighted by Gasteiger charge is -2.58. The minimum Gasteiger partial charge on any atom is -0.504 e. The molecule has 0 aliphatic heterocycles. The highest BCUT2D eigenvalue weighted by Crippen LogP contribution is 2.68. The molecule has 4 aliphatic carbocycles. The molecule has 6 heteroatoms. The first-order valence-electron chi connectivity index (χ1n) is 18.9. The molecule has 0 radical (unpaired) electrons. The molecule has 2 N–H and O–H groups in total. The maximum atomic E-state index is 13.5. The van der Waals surface area contributed by atoms with E-state index in [-0.39, 0.29) is 33.8 Å². The molecule has 47 heavy (non-hydrogen) atoms. The minimum atomic E-state index is -4.49. The molecule has 3 fully saturated rings. The Bertz CT molecular complexity index is 1370. The van der Waals surface area contributed by atoms with Crippen molar-refractivity contribution in [3.05, 3.63) is 34.9 Å². The Morgan fingerprint density at radius 1 is 0.936 bits per heavy atom. The molecule has 5 rings (SSSR count). The van der Waals surface area contributed by atoms with Crippen LogP contribution in [0.4, 0.5) is 0 Å². The molecule has 3 saturated carbocycles. The fourth-order valence-corrected chi connectivity index (χ4v) is 11.7. The summed E-state index contributed by atoms with van der Waals surface area (Å²) in [6.45, 7) is 24.7. The number of allylic oxidation sites excluding steroid dienone is 1. The van der Waals surface area contributed by atoms with Crippen molar-refractivity contribution in [3.8, 4) is 11.5 Å². The third-order valence-corrected chi connectivity index (χ3v) is 14.5. The molecule has 1 aromatic carbocycles. The Labute approximate surface area is 287 Å². The zero-order valence-corrected chi connectivity index (χ0v) is 32.5. The summed E-state index contributed by atoms with van der Waals surface area (Å²) in [4.78, 5) is 11.0. The maximum absolute atomic E-state index is 13.5. The van der Waals surface area contributed by atoms with Crippen molar-refractivity contribution in [3.63, 3.8) is 0 Å². The van der Waals surface area contributed by atoms with E-state index in [1.807, 2.05) is 26.8 Å². The number of hydrogen-bond acceptors (Lipinski definition) is 4. The zero-order chi connectivity index (χ0) is 34.7. The average molecular weight is 671 g/mol. The van der Waals surface area contributed by atoms with E-state index in [1.165, 1.54) is 50.5 Å². The molecule has 5 nitrogen and oxygen atoms in total. The second kappa shape index (κ2) is 13.1. The van der Waals surface area contributed by atoms with Gasteiger partial charge in [-0.25, -0.2) is 4.57 Å². The second-order valence-electron chi connectivity index (χ2n) is 19.2. The SMILES string of the molecule is CC(C)CCC[C@@H](C)[C@H]1CC[C@H]2C3CC=C4C[C@@H](OP(=O)(O)Oc5cc(C(C)(C)C)cc(C(C)(C)C)c5O)CC[C@]4(C)[C@H]3CC[C@]12C. The molecule has 0 saturated heterocycles. The monoisotopic (exact) mass is 670 g/mol. The van der Waals surface area contributed by atoms with Crippen molar-refractivity contribution in [1.29, 1.82) is 0 Å². The fraction of sp³-hybridized carbons (Fsp3) is 0.805. The number of benzene rings is 1. The lowest BCUT2D eigenvalue weighted by atomic mass is 9.47. The Morgan fingerprint density at radius 2 is 1.64 bits per heavy atom. The van der Waals surface area contributed by atoms with Gasteiger partial charge in [0.1, 0.15) is 0 Å². The summed E-state index contributed by atoms with van der Waals surface area (Å²) in [5.41, 5.74) is 3.03. The molecule has 266 valence electrons. The Hall–Kier alpha value is -1.29. The van der Waals surface area contributed by atoms with Gasteiger partial charge in [-0.05, 0) is 120 Å². The quantitative estimate of drug-likeness (QED) is 0.202. The fourth-order valence-electron chi connectivity index (χ4n) is 10.8. The normalized spacial score (nSPS) is 34.6. The maximum Gasteiger partial charge on any atom is 0.527 e. The van der Waals surface area contributed by atoms with Gasteiger partial charge in [-0.3, -0.25) is 9.42 Å². The highest BCUT2D eigenvalue weighted by Gasteiger charge is 2.59. The predicted octanol–water partition coefficient (Wildman–Crippen LogP) is 11.9. The minimum absolute atomic E-state index is 0.0166. The topological polar surface area (TPSA) is 76.0 Å². The van der Waals surface area contributed by atoms with Crippen LogP contribution in [-0.2, 0) is 19.9 Å². The van der Waals surface area contributed by atoms with Crippen LogP contribution in [0.1, 0.15) is 158 Å². The van der Waals surface area contributed by atoms with Crippen molar-refractivity contribution in [2.45, 2.75) is 164 Å². The van der Waals surface area contributed by atoms with Crippen LogP contribution < -0.4 is 4.52 Å². The summed E-state index contributed by atoms with van der Waals surface area (Å²) in [6.07, 6.45) is 15.1. The van der Waals surface area contributed by atoms with E-state index >= 15 is 0 Å². The van der Waals surface area contributed by atoms with Crippen molar-refractivity contribution < 1.29 is 23.6 Å².